The zero-order valence-corrected chi connectivity index (χ0v) is 21.9. The normalized spacial score (nSPS) is 13.3. The first-order valence-corrected chi connectivity index (χ1v) is 12.5. The van der Waals surface area contributed by atoms with Crippen LogP contribution in [0.1, 0.15) is 15.9 Å². The number of methoxy groups -OCH3 is 1. The third-order valence-electron chi connectivity index (χ3n) is 6.07. The van der Waals surface area contributed by atoms with Crippen LogP contribution in [0.2, 0.25) is 0 Å². The maximum absolute atomic E-state index is 14.0. The fraction of sp³-hybridized carbons (Fsp3) is 0.0323. The molecule has 1 aliphatic rings. The molecule has 9 heteroatoms. The van der Waals surface area contributed by atoms with Gasteiger partial charge in [0, 0.05) is 0 Å². The highest BCUT2D eigenvalue weighted by Crippen LogP contribution is 2.33. The predicted molar refractivity (Wildman–Crippen MR) is 153 cm³/mol. The van der Waals surface area contributed by atoms with E-state index in [-0.39, 0.29) is 27.7 Å². The summed E-state index contributed by atoms with van der Waals surface area (Å²) >= 11 is 5.62. The summed E-state index contributed by atoms with van der Waals surface area (Å²) in [5, 5.41) is 0.0255. The Labute approximate surface area is 234 Å². The molecule has 198 valence electrons. The Bertz CT molecular complexity index is 1590. The summed E-state index contributed by atoms with van der Waals surface area (Å²) in [6, 6.07) is 27.5. The fourth-order valence-electron chi connectivity index (χ4n) is 4.15. The summed E-state index contributed by atoms with van der Waals surface area (Å²) in [5.74, 6) is -2.62. The molecule has 0 radical (unpaired) electrons. The van der Waals surface area contributed by atoms with Crippen LogP contribution in [0.15, 0.2) is 109 Å². The molecular formula is C31H21FN2O5S. The van der Waals surface area contributed by atoms with Crippen molar-refractivity contribution in [3.05, 3.63) is 126 Å². The average molecular weight is 553 g/mol. The first kappa shape index (κ1) is 26.5. The molecule has 1 saturated heterocycles. The number of carbonyl (C=O) groups is 3. The predicted octanol–water partition coefficient (Wildman–Crippen LogP) is 5.80. The number of carbonyl (C=O) groups excluding carboxylic acids is 3. The molecule has 1 fully saturated rings. The molecule has 5 rings (SSSR count). The second-order valence-electron chi connectivity index (χ2n) is 8.57. The second-order valence-corrected chi connectivity index (χ2v) is 8.94. The Morgan fingerprint density at radius 1 is 0.775 bits per heavy atom. The van der Waals surface area contributed by atoms with Gasteiger partial charge in [-0.2, -0.15) is 0 Å². The van der Waals surface area contributed by atoms with Gasteiger partial charge in [-0.3, -0.25) is 19.4 Å². The van der Waals surface area contributed by atoms with Crippen molar-refractivity contribution in [1.29, 1.82) is 0 Å². The minimum atomic E-state index is -0.898. The highest BCUT2D eigenvalue weighted by Gasteiger charge is 2.41. The molecule has 0 saturated carbocycles. The molecule has 2 amide bonds. The zero-order valence-electron chi connectivity index (χ0n) is 21.1. The minimum Gasteiger partial charge on any atom is -0.493 e. The highest BCUT2D eigenvalue weighted by molar-refractivity contribution is 7.81. The summed E-state index contributed by atoms with van der Waals surface area (Å²) in [5.41, 5.74) is 1.06. The van der Waals surface area contributed by atoms with E-state index in [9.17, 15) is 18.8 Å². The van der Waals surface area contributed by atoms with Gasteiger partial charge in [-0.1, -0.05) is 54.6 Å². The highest BCUT2D eigenvalue weighted by atomic mass is 32.1. The molecule has 4 aromatic rings. The van der Waals surface area contributed by atoms with Gasteiger partial charge in [0.15, 0.2) is 16.6 Å². The Morgan fingerprint density at radius 3 is 1.88 bits per heavy atom. The monoisotopic (exact) mass is 552 g/mol. The van der Waals surface area contributed by atoms with E-state index in [1.807, 2.05) is 12.1 Å². The topological polar surface area (TPSA) is 76.2 Å². The van der Waals surface area contributed by atoms with Gasteiger partial charge in [-0.05, 0) is 72.4 Å². The van der Waals surface area contributed by atoms with Crippen molar-refractivity contribution in [2.75, 3.05) is 16.9 Å². The van der Waals surface area contributed by atoms with Crippen molar-refractivity contribution in [3.63, 3.8) is 0 Å². The van der Waals surface area contributed by atoms with Crippen LogP contribution in [0.25, 0.3) is 6.08 Å². The van der Waals surface area contributed by atoms with Crippen molar-refractivity contribution in [2.24, 2.45) is 0 Å². The summed E-state index contributed by atoms with van der Waals surface area (Å²) in [4.78, 5) is 42.5. The number of esters is 1. The van der Waals surface area contributed by atoms with Crippen LogP contribution in [-0.4, -0.2) is 30.0 Å². The fourth-order valence-corrected chi connectivity index (χ4v) is 4.52. The molecule has 1 heterocycles. The van der Waals surface area contributed by atoms with Crippen LogP contribution in [0.3, 0.4) is 0 Å². The van der Waals surface area contributed by atoms with Crippen molar-refractivity contribution in [1.82, 2.24) is 0 Å². The van der Waals surface area contributed by atoms with E-state index < -0.39 is 23.6 Å². The third kappa shape index (κ3) is 5.10. The maximum Gasteiger partial charge on any atom is 0.346 e. The van der Waals surface area contributed by atoms with Crippen LogP contribution in [0, 0.1) is 5.82 Å². The summed E-state index contributed by atoms with van der Waals surface area (Å²) in [6.45, 7) is 0. The van der Waals surface area contributed by atoms with Gasteiger partial charge in [-0.25, -0.2) is 9.18 Å². The molecule has 0 N–H and O–H groups in total. The minimum absolute atomic E-state index is 0.0255. The van der Waals surface area contributed by atoms with Gasteiger partial charge < -0.3 is 9.47 Å². The smallest absolute Gasteiger partial charge is 0.346 e. The van der Waals surface area contributed by atoms with Crippen LogP contribution < -0.4 is 19.3 Å². The van der Waals surface area contributed by atoms with E-state index in [1.54, 1.807) is 54.6 Å². The molecule has 0 atom stereocenters. The number of para-hydroxylation sites is 2. The van der Waals surface area contributed by atoms with Crippen LogP contribution in [-0.2, 0) is 9.59 Å². The third-order valence-corrected chi connectivity index (χ3v) is 6.44. The number of nitrogens with zero attached hydrogens (tertiary/aromatic N) is 2. The number of ether oxygens (including phenoxy) is 2. The van der Waals surface area contributed by atoms with E-state index in [0.29, 0.717) is 16.9 Å². The van der Waals surface area contributed by atoms with Crippen molar-refractivity contribution >= 4 is 52.6 Å². The van der Waals surface area contributed by atoms with Gasteiger partial charge in [0.1, 0.15) is 11.4 Å². The lowest BCUT2D eigenvalue weighted by Gasteiger charge is -2.36. The molecule has 0 spiro atoms. The van der Waals surface area contributed by atoms with E-state index in [4.69, 9.17) is 21.7 Å². The zero-order chi connectivity index (χ0) is 28.2. The van der Waals surface area contributed by atoms with E-state index in [2.05, 4.69) is 0 Å². The summed E-state index contributed by atoms with van der Waals surface area (Å²) < 4.78 is 24.8. The number of hydrogen-bond donors (Lipinski definition) is 0. The Kier molecular flexibility index (Phi) is 7.48. The molecule has 40 heavy (non-hydrogen) atoms. The second kappa shape index (κ2) is 11.3. The number of anilines is 2. The van der Waals surface area contributed by atoms with Crippen molar-refractivity contribution in [2.45, 2.75) is 0 Å². The Hall–Kier alpha value is -5.15. The largest absolute Gasteiger partial charge is 0.493 e. The molecule has 0 unspecified atom stereocenters. The average Bonchev–Trinajstić information content (AvgIpc) is 2.97. The number of thiocarbonyl (C=S) groups is 1. The number of benzene rings is 4. The van der Waals surface area contributed by atoms with E-state index in [0.717, 1.165) is 6.07 Å². The number of halogens is 1. The molecule has 4 aromatic carbocycles. The molecular weight excluding hydrogens is 531 g/mol. The lowest BCUT2D eigenvalue weighted by molar-refractivity contribution is -0.120. The Morgan fingerprint density at radius 2 is 1.32 bits per heavy atom. The summed E-state index contributed by atoms with van der Waals surface area (Å²) in [6.07, 6.45) is 1.42. The van der Waals surface area contributed by atoms with Gasteiger partial charge in [-0.15, -0.1) is 0 Å². The van der Waals surface area contributed by atoms with Crippen LogP contribution in [0.4, 0.5) is 15.8 Å². The van der Waals surface area contributed by atoms with Crippen LogP contribution in [0.5, 0.6) is 11.5 Å². The molecule has 0 bridgehead atoms. The molecule has 7 nitrogen and oxygen atoms in total. The van der Waals surface area contributed by atoms with E-state index >= 15 is 0 Å². The number of hydrogen-bond acceptors (Lipinski definition) is 6. The van der Waals surface area contributed by atoms with Gasteiger partial charge in [0.2, 0.25) is 0 Å². The summed E-state index contributed by atoms with van der Waals surface area (Å²) in [7, 11) is 1.37. The standard InChI is InChI=1S/C31H21FN2O5S/c1-38-27-19-20(16-17-26(27)39-30(37)23-14-8-9-15-25(23)32)18-24-28(35)33(21-10-4-2-5-11-21)31(40)34(29(24)36)22-12-6-3-7-13-22/h2-19H,1H3. The molecule has 0 aliphatic carbocycles. The molecule has 1 aliphatic heterocycles. The first-order chi connectivity index (χ1) is 19.4. The lowest BCUT2D eigenvalue weighted by Crippen LogP contribution is -2.56. The van der Waals surface area contributed by atoms with Gasteiger partial charge in [0.05, 0.1) is 24.0 Å². The molecule has 0 aromatic heterocycles. The quantitative estimate of drug-likeness (QED) is 0.0990. The number of rotatable bonds is 6. The van der Waals surface area contributed by atoms with Gasteiger partial charge in [0.25, 0.3) is 11.8 Å². The SMILES string of the molecule is COc1cc(C=C2C(=O)N(c3ccccc3)C(=S)N(c3ccccc3)C2=O)ccc1OC(=O)c1ccccc1F. The number of amides is 2. The van der Waals surface area contributed by atoms with E-state index in [1.165, 1.54) is 53.3 Å². The van der Waals surface area contributed by atoms with Crippen molar-refractivity contribution in [3.8, 4) is 11.5 Å². The Balaban J connectivity index is 1.53. The van der Waals surface area contributed by atoms with Gasteiger partial charge >= 0.3 is 5.97 Å². The van der Waals surface area contributed by atoms with Crippen molar-refractivity contribution < 1.29 is 28.2 Å². The first-order valence-electron chi connectivity index (χ1n) is 12.1. The maximum atomic E-state index is 14.0. The lowest BCUT2D eigenvalue weighted by atomic mass is 10.0. The van der Waals surface area contributed by atoms with Crippen LogP contribution >= 0.6 is 12.2 Å².